The van der Waals surface area contributed by atoms with Gasteiger partial charge in [-0.15, -0.1) is 0 Å². The van der Waals surface area contributed by atoms with E-state index < -0.39 is 0 Å². The molecule has 0 aromatic carbocycles. The molecule has 0 fully saturated rings. The van der Waals surface area contributed by atoms with Gasteiger partial charge in [0.15, 0.2) is 0 Å². The fourth-order valence-corrected chi connectivity index (χ4v) is 1.06. The summed E-state index contributed by atoms with van der Waals surface area (Å²) in [7, 11) is 3.33. The molecule has 0 N–H and O–H groups in total. The molecule has 1 aliphatic rings. The molecule has 0 spiro atoms. The molecule has 1 unspecified atom stereocenters. The van der Waals surface area contributed by atoms with Crippen LogP contribution in [0.2, 0.25) is 0 Å². The lowest BCUT2D eigenvalue weighted by Gasteiger charge is -2.05. The Morgan fingerprint density at radius 2 is 1.69 bits per heavy atom. The number of rotatable bonds is 3. The molecule has 0 heterocycles. The molecule has 0 aliphatic heterocycles. The quantitative estimate of drug-likeness (QED) is 0.631. The van der Waals surface area contributed by atoms with Crippen LogP contribution in [0.1, 0.15) is 32.6 Å². The highest BCUT2D eigenvalue weighted by Crippen LogP contribution is 2.07. The van der Waals surface area contributed by atoms with Crippen LogP contribution in [-0.4, -0.2) is 26.9 Å². The van der Waals surface area contributed by atoms with E-state index in [9.17, 15) is 0 Å². The van der Waals surface area contributed by atoms with Crippen LogP contribution in [0.3, 0.4) is 0 Å². The largest absolute Gasteiger partial charge is 0.382 e. The summed E-state index contributed by atoms with van der Waals surface area (Å²) in [6, 6.07) is 0. The van der Waals surface area contributed by atoms with Gasteiger partial charge in [0.1, 0.15) is 0 Å². The van der Waals surface area contributed by atoms with Gasteiger partial charge in [-0.3, -0.25) is 0 Å². The highest BCUT2D eigenvalue weighted by atomic mass is 16.5. The van der Waals surface area contributed by atoms with Crippen molar-refractivity contribution in [2.75, 3.05) is 20.8 Å². The highest BCUT2D eigenvalue weighted by molar-refractivity contribution is 4.85. The Morgan fingerprint density at radius 3 is 1.85 bits per heavy atom. The maximum absolute atomic E-state index is 4.87. The molecular formula is C11H22O2. The van der Waals surface area contributed by atoms with Gasteiger partial charge in [-0.05, 0) is 32.6 Å². The minimum absolute atomic E-state index is 0.227. The van der Waals surface area contributed by atoms with Crippen molar-refractivity contribution in [2.45, 2.75) is 38.7 Å². The summed E-state index contributed by atoms with van der Waals surface area (Å²) in [5.74, 6) is 0. The van der Waals surface area contributed by atoms with Gasteiger partial charge in [0, 0.05) is 14.2 Å². The zero-order valence-corrected chi connectivity index (χ0v) is 9.08. The van der Waals surface area contributed by atoms with Crippen LogP contribution < -0.4 is 0 Å². The van der Waals surface area contributed by atoms with E-state index in [4.69, 9.17) is 9.47 Å². The second-order valence-electron chi connectivity index (χ2n) is 3.26. The summed E-state index contributed by atoms with van der Waals surface area (Å²) in [6.07, 6.45) is 10.2. The second-order valence-corrected chi connectivity index (χ2v) is 3.26. The number of hydrogen-bond donors (Lipinski definition) is 0. The molecule has 1 rings (SSSR count). The summed E-state index contributed by atoms with van der Waals surface area (Å²) in [5, 5.41) is 0. The van der Waals surface area contributed by atoms with Gasteiger partial charge in [0.05, 0.1) is 12.7 Å². The molecule has 13 heavy (non-hydrogen) atoms. The van der Waals surface area contributed by atoms with Gasteiger partial charge >= 0.3 is 0 Å². The molecule has 1 atom stereocenters. The first-order valence-electron chi connectivity index (χ1n) is 4.98. The number of ether oxygens (including phenoxy) is 2. The minimum Gasteiger partial charge on any atom is -0.382 e. The van der Waals surface area contributed by atoms with Crippen molar-refractivity contribution in [2.24, 2.45) is 0 Å². The van der Waals surface area contributed by atoms with Crippen LogP contribution in [0.4, 0.5) is 0 Å². The van der Waals surface area contributed by atoms with Crippen LogP contribution in [0.25, 0.3) is 0 Å². The van der Waals surface area contributed by atoms with Crippen LogP contribution in [0.15, 0.2) is 12.2 Å². The van der Waals surface area contributed by atoms with E-state index in [0.717, 1.165) is 0 Å². The maximum atomic E-state index is 4.87. The first-order chi connectivity index (χ1) is 6.31. The SMILES string of the molecule is C1=CCCCC1.COCC(C)OC. The fraction of sp³-hybridized carbons (Fsp3) is 0.818. The van der Waals surface area contributed by atoms with Crippen molar-refractivity contribution in [3.05, 3.63) is 12.2 Å². The van der Waals surface area contributed by atoms with Crippen LogP contribution >= 0.6 is 0 Å². The zero-order valence-electron chi connectivity index (χ0n) is 9.08. The Bertz CT molecular complexity index is 113. The normalized spacial score (nSPS) is 17.5. The predicted octanol–water partition coefficient (Wildman–Crippen LogP) is 2.78. The average Bonchev–Trinajstić information content (AvgIpc) is 2.22. The van der Waals surface area contributed by atoms with Crippen molar-refractivity contribution < 1.29 is 9.47 Å². The molecule has 0 radical (unpaired) electrons. The van der Waals surface area contributed by atoms with Crippen LogP contribution in [-0.2, 0) is 9.47 Å². The lowest BCUT2D eigenvalue weighted by molar-refractivity contribution is 0.0401. The number of hydrogen-bond acceptors (Lipinski definition) is 2. The summed E-state index contributed by atoms with van der Waals surface area (Å²) >= 11 is 0. The Kier molecular flexibility index (Phi) is 9.49. The van der Waals surface area contributed by atoms with E-state index in [1.807, 2.05) is 6.92 Å². The van der Waals surface area contributed by atoms with E-state index in [0.29, 0.717) is 6.61 Å². The molecule has 0 bridgehead atoms. The molecule has 0 aromatic heterocycles. The number of allylic oxidation sites excluding steroid dienone is 2. The van der Waals surface area contributed by atoms with Crippen LogP contribution in [0.5, 0.6) is 0 Å². The summed E-state index contributed by atoms with van der Waals surface area (Å²) in [4.78, 5) is 0. The molecule has 1 aliphatic carbocycles. The van der Waals surface area contributed by atoms with Gasteiger partial charge in [-0.25, -0.2) is 0 Å². The molecule has 0 saturated heterocycles. The minimum atomic E-state index is 0.227. The fourth-order valence-electron chi connectivity index (χ4n) is 1.06. The van der Waals surface area contributed by atoms with Crippen molar-refractivity contribution in [1.29, 1.82) is 0 Å². The van der Waals surface area contributed by atoms with Gasteiger partial charge < -0.3 is 9.47 Å². The Hall–Kier alpha value is -0.340. The Balaban J connectivity index is 0.000000223. The molecule has 0 amide bonds. The topological polar surface area (TPSA) is 18.5 Å². The Morgan fingerprint density at radius 1 is 1.15 bits per heavy atom. The Labute approximate surface area is 81.9 Å². The highest BCUT2D eigenvalue weighted by Gasteiger charge is 1.93. The third-order valence-corrected chi connectivity index (χ3v) is 1.96. The molecule has 0 aromatic rings. The second kappa shape index (κ2) is 9.75. The monoisotopic (exact) mass is 186 g/mol. The van der Waals surface area contributed by atoms with E-state index in [1.165, 1.54) is 25.7 Å². The first-order valence-corrected chi connectivity index (χ1v) is 4.98. The predicted molar refractivity (Wildman–Crippen MR) is 56.0 cm³/mol. The van der Waals surface area contributed by atoms with Gasteiger partial charge in [0.2, 0.25) is 0 Å². The van der Waals surface area contributed by atoms with Gasteiger partial charge in [-0.1, -0.05) is 12.2 Å². The summed E-state index contributed by atoms with van der Waals surface area (Å²) < 4.78 is 9.64. The van der Waals surface area contributed by atoms with E-state index in [1.54, 1.807) is 14.2 Å². The smallest absolute Gasteiger partial charge is 0.0776 e. The molecule has 78 valence electrons. The lowest BCUT2D eigenvalue weighted by Crippen LogP contribution is -2.11. The van der Waals surface area contributed by atoms with Crippen molar-refractivity contribution in [3.63, 3.8) is 0 Å². The van der Waals surface area contributed by atoms with Gasteiger partial charge in [0.25, 0.3) is 0 Å². The van der Waals surface area contributed by atoms with E-state index in [2.05, 4.69) is 12.2 Å². The maximum Gasteiger partial charge on any atom is 0.0776 e. The van der Waals surface area contributed by atoms with Crippen molar-refractivity contribution in [1.82, 2.24) is 0 Å². The standard InChI is InChI=1S/C6H10.C5H12O2/c1-2-4-6-5-3-1;1-5(7-3)4-6-2/h1-2H,3-6H2;5H,4H2,1-3H3. The average molecular weight is 186 g/mol. The zero-order chi connectivity index (χ0) is 9.94. The van der Waals surface area contributed by atoms with Crippen molar-refractivity contribution >= 4 is 0 Å². The van der Waals surface area contributed by atoms with Gasteiger partial charge in [-0.2, -0.15) is 0 Å². The molecule has 2 heteroatoms. The summed E-state index contributed by atoms with van der Waals surface area (Å²) in [5.41, 5.74) is 0. The van der Waals surface area contributed by atoms with E-state index >= 15 is 0 Å². The lowest BCUT2D eigenvalue weighted by atomic mass is 10.1. The van der Waals surface area contributed by atoms with Crippen molar-refractivity contribution in [3.8, 4) is 0 Å². The first kappa shape index (κ1) is 12.7. The molecule has 0 saturated carbocycles. The third kappa shape index (κ3) is 9.57. The molecular weight excluding hydrogens is 164 g/mol. The molecule has 2 nitrogen and oxygen atoms in total. The third-order valence-electron chi connectivity index (χ3n) is 1.96. The number of methoxy groups -OCH3 is 2. The van der Waals surface area contributed by atoms with Crippen LogP contribution in [0, 0.1) is 0 Å². The summed E-state index contributed by atoms with van der Waals surface area (Å²) in [6.45, 7) is 2.64. The van der Waals surface area contributed by atoms with E-state index in [-0.39, 0.29) is 6.10 Å².